The zero-order chi connectivity index (χ0) is 12.5. The van der Waals surface area contributed by atoms with E-state index in [0.29, 0.717) is 17.6 Å². The summed E-state index contributed by atoms with van der Waals surface area (Å²) in [6.07, 6.45) is 6.05. The van der Waals surface area contributed by atoms with E-state index in [2.05, 4.69) is 5.10 Å². The van der Waals surface area contributed by atoms with E-state index >= 15 is 0 Å². The van der Waals surface area contributed by atoms with Crippen molar-refractivity contribution in [1.29, 1.82) is 0 Å². The smallest absolute Gasteiger partial charge is 0.149 e. The van der Waals surface area contributed by atoms with Crippen molar-refractivity contribution in [2.24, 2.45) is 0 Å². The van der Waals surface area contributed by atoms with Gasteiger partial charge in [0, 0.05) is 12.2 Å². The number of rotatable bonds is 4. The number of hydrogen-bond donors (Lipinski definition) is 0. The number of hydrogen-bond acceptors (Lipinski definition) is 3. The highest BCUT2D eigenvalue weighted by atomic mass is 35.5. The summed E-state index contributed by atoms with van der Waals surface area (Å²) >= 11 is 6.06. The van der Waals surface area contributed by atoms with Crippen molar-refractivity contribution < 1.29 is 8.42 Å². The SMILES string of the molecule is CS(=O)(=O)CCn1nc(C2CCCC2)cc1Cl. The van der Waals surface area contributed by atoms with Crippen LogP contribution in [-0.2, 0) is 16.4 Å². The zero-order valence-electron chi connectivity index (χ0n) is 9.89. The van der Waals surface area contributed by atoms with Crippen LogP contribution >= 0.6 is 11.6 Å². The molecular weight excluding hydrogens is 260 g/mol. The third kappa shape index (κ3) is 3.45. The van der Waals surface area contributed by atoms with Crippen molar-refractivity contribution in [1.82, 2.24) is 9.78 Å². The van der Waals surface area contributed by atoms with Crippen molar-refractivity contribution in [3.8, 4) is 0 Å². The zero-order valence-corrected chi connectivity index (χ0v) is 11.5. The maximum atomic E-state index is 11.1. The van der Waals surface area contributed by atoms with Gasteiger partial charge in [-0.05, 0) is 18.9 Å². The van der Waals surface area contributed by atoms with Gasteiger partial charge in [0.15, 0.2) is 0 Å². The molecule has 0 unspecified atom stereocenters. The van der Waals surface area contributed by atoms with Gasteiger partial charge in [-0.3, -0.25) is 4.68 Å². The lowest BCUT2D eigenvalue weighted by atomic mass is 10.1. The van der Waals surface area contributed by atoms with Crippen LogP contribution in [0.1, 0.15) is 37.3 Å². The van der Waals surface area contributed by atoms with Gasteiger partial charge < -0.3 is 0 Å². The molecule has 0 bridgehead atoms. The Morgan fingerprint density at radius 3 is 2.71 bits per heavy atom. The maximum Gasteiger partial charge on any atom is 0.149 e. The fraction of sp³-hybridized carbons (Fsp3) is 0.727. The largest absolute Gasteiger partial charge is 0.253 e. The molecule has 1 fully saturated rings. The minimum Gasteiger partial charge on any atom is -0.253 e. The summed E-state index contributed by atoms with van der Waals surface area (Å²) in [5.41, 5.74) is 1.01. The first kappa shape index (κ1) is 12.9. The van der Waals surface area contributed by atoms with E-state index in [1.807, 2.05) is 6.07 Å². The Hall–Kier alpha value is -0.550. The quantitative estimate of drug-likeness (QED) is 0.847. The molecule has 0 amide bonds. The molecule has 0 spiro atoms. The van der Waals surface area contributed by atoms with Crippen molar-refractivity contribution >= 4 is 21.4 Å². The predicted molar refractivity (Wildman–Crippen MR) is 68.2 cm³/mol. The highest BCUT2D eigenvalue weighted by Crippen LogP contribution is 2.34. The number of sulfone groups is 1. The number of nitrogens with zero attached hydrogens (tertiary/aromatic N) is 2. The van der Waals surface area contributed by atoms with Gasteiger partial charge in [-0.1, -0.05) is 24.4 Å². The van der Waals surface area contributed by atoms with Crippen LogP contribution in [0.25, 0.3) is 0 Å². The minimum atomic E-state index is -2.97. The molecule has 96 valence electrons. The molecule has 1 saturated carbocycles. The molecule has 1 aromatic heterocycles. The summed E-state index contributed by atoms with van der Waals surface area (Å²) in [5, 5.41) is 4.95. The molecule has 0 saturated heterocycles. The minimum absolute atomic E-state index is 0.0819. The van der Waals surface area contributed by atoms with Gasteiger partial charge in [0.2, 0.25) is 0 Å². The van der Waals surface area contributed by atoms with E-state index in [1.54, 1.807) is 4.68 Å². The molecule has 0 N–H and O–H groups in total. The van der Waals surface area contributed by atoms with E-state index in [4.69, 9.17) is 11.6 Å². The first-order valence-corrected chi connectivity index (χ1v) is 8.30. The van der Waals surface area contributed by atoms with Gasteiger partial charge in [-0.15, -0.1) is 0 Å². The van der Waals surface area contributed by atoms with Gasteiger partial charge in [0.05, 0.1) is 18.0 Å². The summed E-state index contributed by atoms with van der Waals surface area (Å²) in [7, 11) is -2.97. The van der Waals surface area contributed by atoms with Crippen LogP contribution < -0.4 is 0 Å². The number of aromatic nitrogens is 2. The van der Waals surface area contributed by atoms with Crippen LogP contribution in [-0.4, -0.2) is 30.2 Å². The molecule has 1 aromatic rings. The molecular formula is C11H17ClN2O2S. The van der Waals surface area contributed by atoms with E-state index in [9.17, 15) is 8.42 Å². The third-order valence-corrected chi connectivity index (χ3v) is 4.43. The molecule has 0 atom stereocenters. The highest BCUT2D eigenvalue weighted by molar-refractivity contribution is 7.90. The molecule has 1 aliphatic carbocycles. The topological polar surface area (TPSA) is 52.0 Å². The maximum absolute atomic E-state index is 11.1. The molecule has 0 aliphatic heterocycles. The molecule has 1 heterocycles. The molecule has 17 heavy (non-hydrogen) atoms. The second kappa shape index (κ2) is 4.98. The average Bonchev–Trinajstić information content (AvgIpc) is 2.82. The molecule has 0 radical (unpaired) electrons. The second-order valence-electron chi connectivity index (χ2n) is 4.73. The van der Waals surface area contributed by atoms with Gasteiger partial charge in [0.1, 0.15) is 15.0 Å². The van der Waals surface area contributed by atoms with Crippen molar-refractivity contribution in [3.63, 3.8) is 0 Å². The predicted octanol–water partition coefficient (Wildman–Crippen LogP) is 2.24. The number of halogens is 1. The lowest BCUT2D eigenvalue weighted by Crippen LogP contribution is -2.12. The fourth-order valence-electron chi connectivity index (χ4n) is 2.24. The summed E-state index contributed by atoms with van der Waals surface area (Å²) in [4.78, 5) is 0. The van der Waals surface area contributed by atoms with Crippen LogP contribution in [0.5, 0.6) is 0 Å². The van der Waals surface area contributed by atoms with Crippen LogP contribution in [0, 0.1) is 0 Å². The van der Waals surface area contributed by atoms with Gasteiger partial charge in [0.25, 0.3) is 0 Å². The highest BCUT2D eigenvalue weighted by Gasteiger charge is 2.21. The molecule has 0 aromatic carbocycles. The summed E-state index contributed by atoms with van der Waals surface area (Å²) in [6, 6.07) is 1.87. The van der Waals surface area contributed by atoms with E-state index < -0.39 is 9.84 Å². The monoisotopic (exact) mass is 276 g/mol. The summed E-state index contributed by atoms with van der Waals surface area (Å²) < 4.78 is 23.8. The van der Waals surface area contributed by atoms with Crippen molar-refractivity contribution in [3.05, 3.63) is 16.9 Å². The lowest BCUT2D eigenvalue weighted by molar-refractivity contribution is 0.579. The molecule has 4 nitrogen and oxygen atoms in total. The van der Waals surface area contributed by atoms with Crippen LogP contribution in [0.3, 0.4) is 0 Å². The summed E-state index contributed by atoms with van der Waals surface area (Å²) in [5.74, 6) is 0.588. The Bertz CT molecular complexity index is 490. The van der Waals surface area contributed by atoms with Crippen molar-refractivity contribution in [2.75, 3.05) is 12.0 Å². The van der Waals surface area contributed by atoms with Gasteiger partial charge in [-0.2, -0.15) is 5.10 Å². The van der Waals surface area contributed by atoms with Crippen LogP contribution in [0.15, 0.2) is 6.07 Å². The summed E-state index contributed by atoms with van der Waals surface area (Å²) in [6.45, 7) is 0.338. The van der Waals surface area contributed by atoms with Crippen LogP contribution in [0.2, 0.25) is 5.15 Å². The lowest BCUT2D eigenvalue weighted by Gasteiger charge is -2.04. The van der Waals surface area contributed by atoms with E-state index in [-0.39, 0.29) is 5.75 Å². The van der Waals surface area contributed by atoms with Crippen LogP contribution in [0.4, 0.5) is 0 Å². The second-order valence-corrected chi connectivity index (χ2v) is 7.37. The Balaban J connectivity index is 2.08. The van der Waals surface area contributed by atoms with E-state index in [1.165, 1.54) is 31.9 Å². The van der Waals surface area contributed by atoms with Gasteiger partial charge >= 0.3 is 0 Å². The first-order valence-electron chi connectivity index (χ1n) is 5.87. The van der Waals surface area contributed by atoms with Gasteiger partial charge in [-0.25, -0.2) is 8.42 Å². The normalized spacial score (nSPS) is 17.8. The van der Waals surface area contributed by atoms with Crippen molar-refractivity contribution in [2.45, 2.75) is 38.1 Å². The standard InChI is InChI=1S/C11H17ClN2O2S/c1-17(15,16)7-6-14-11(12)8-10(13-14)9-4-2-3-5-9/h8-9H,2-7H2,1H3. The first-order chi connectivity index (χ1) is 7.96. The molecule has 2 rings (SSSR count). The Morgan fingerprint density at radius 1 is 1.47 bits per heavy atom. The fourth-order valence-corrected chi connectivity index (χ4v) is 2.98. The Labute approximate surface area is 107 Å². The average molecular weight is 277 g/mol. The molecule has 1 aliphatic rings. The molecule has 6 heteroatoms. The van der Waals surface area contributed by atoms with E-state index in [0.717, 1.165) is 5.69 Å². The Morgan fingerprint density at radius 2 is 2.12 bits per heavy atom. The number of aryl methyl sites for hydroxylation is 1. The third-order valence-electron chi connectivity index (χ3n) is 3.20. The Kier molecular flexibility index (Phi) is 3.78.